The fraction of sp³-hybridized carbons (Fsp3) is 0.500. The van der Waals surface area contributed by atoms with Gasteiger partial charge in [-0.05, 0) is 43.5 Å². The lowest BCUT2D eigenvalue weighted by Crippen LogP contribution is -2.15. The van der Waals surface area contributed by atoms with Crippen molar-refractivity contribution in [3.05, 3.63) is 29.3 Å². The van der Waals surface area contributed by atoms with Gasteiger partial charge in [-0.15, -0.1) is 0 Å². The van der Waals surface area contributed by atoms with Crippen LogP contribution in [0.4, 0.5) is 0 Å². The molecule has 100 valence electrons. The zero-order chi connectivity index (χ0) is 13.4. The van der Waals surface area contributed by atoms with E-state index in [-0.39, 0.29) is 6.42 Å². The third-order valence-corrected chi connectivity index (χ3v) is 2.78. The van der Waals surface area contributed by atoms with Crippen molar-refractivity contribution in [1.82, 2.24) is 5.32 Å². The van der Waals surface area contributed by atoms with Crippen molar-refractivity contribution in [2.75, 3.05) is 13.7 Å². The number of ether oxygens (including phenoxy) is 1. The zero-order valence-corrected chi connectivity index (χ0v) is 11.0. The summed E-state index contributed by atoms with van der Waals surface area (Å²) >= 11 is 0. The van der Waals surface area contributed by atoms with Crippen molar-refractivity contribution in [2.45, 2.75) is 32.7 Å². The van der Waals surface area contributed by atoms with Crippen LogP contribution in [-0.4, -0.2) is 24.7 Å². The van der Waals surface area contributed by atoms with E-state index in [1.807, 2.05) is 19.1 Å². The van der Waals surface area contributed by atoms with E-state index in [9.17, 15) is 4.79 Å². The lowest BCUT2D eigenvalue weighted by molar-refractivity contribution is -0.137. The number of aryl methyl sites for hydroxylation is 1. The molecule has 4 heteroatoms. The number of hydrogen-bond acceptors (Lipinski definition) is 3. The van der Waals surface area contributed by atoms with Crippen LogP contribution in [-0.2, 0) is 11.3 Å². The SMILES string of the molecule is COc1ccc(CNCCCCC(=O)O)cc1C. The van der Waals surface area contributed by atoms with Gasteiger partial charge in [0, 0.05) is 13.0 Å². The summed E-state index contributed by atoms with van der Waals surface area (Å²) in [6, 6.07) is 6.11. The quantitative estimate of drug-likeness (QED) is 0.696. The average Bonchev–Trinajstić information content (AvgIpc) is 2.33. The van der Waals surface area contributed by atoms with Gasteiger partial charge < -0.3 is 15.2 Å². The molecule has 2 N–H and O–H groups in total. The van der Waals surface area contributed by atoms with Crippen LogP contribution in [0, 0.1) is 6.92 Å². The van der Waals surface area contributed by atoms with Crippen molar-refractivity contribution in [3.8, 4) is 5.75 Å². The predicted octanol–water partition coefficient (Wildman–Crippen LogP) is 2.35. The standard InChI is InChI=1S/C14H21NO3/c1-11-9-12(6-7-13(11)18-2)10-15-8-4-3-5-14(16)17/h6-7,9,15H,3-5,8,10H2,1-2H3,(H,16,17). The fourth-order valence-corrected chi connectivity index (χ4v) is 1.81. The van der Waals surface area contributed by atoms with E-state index in [1.165, 1.54) is 5.56 Å². The minimum atomic E-state index is -0.722. The van der Waals surface area contributed by atoms with E-state index >= 15 is 0 Å². The Bertz CT molecular complexity index is 391. The van der Waals surface area contributed by atoms with Crippen molar-refractivity contribution >= 4 is 5.97 Å². The molecule has 1 aromatic rings. The highest BCUT2D eigenvalue weighted by atomic mass is 16.5. The number of rotatable bonds is 8. The Labute approximate surface area is 108 Å². The molecule has 0 aliphatic rings. The normalized spacial score (nSPS) is 10.3. The number of carbonyl (C=O) groups is 1. The van der Waals surface area contributed by atoms with Gasteiger partial charge in [0.1, 0.15) is 5.75 Å². The van der Waals surface area contributed by atoms with Crippen LogP contribution in [0.15, 0.2) is 18.2 Å². The van der Waals surface area contributed by atoms with Crippen LogP contribution in [0.2, 0.25) is 0 Å². The first kappa shape index (κ1) is 14.5. The maximum Gasteiger partial charge on any atom is 0.303 e. The molecule has 0 aliphatic heterocycles. The second kappa shape index (κ2) is 7.71. The van der Waals surface area contributed by atoms with Gasteiger partial charge in [0.05, 0.1) is 7.11 Å². The first-order valence-corrected chi connectivity index (χ1v) is 6.19. The van der Waals surface area contributed by atoms with Crippen LogP contribution in [0.3, 0.4) is 0 Å². The summed E-state index contributed by atoms with van der Waals surface area (Å²) in [5.74, 6) is 0.181. The summed E-state index contributed by atoms with van der Waals surface area (Å²) in [5, 5.41) is 11.8. The number of methoxy groups -OCH3 is 1. The average molecular weight is 251 g/mol. The third-order valence-electron chi connectivity index (χ3n) is 2.78. The van der Waals surface area contributed by atoms with Crippen LogP contribution in [0.5, 0.6) is 5.75 Å². The van der Waals surface area contributed by atoms with E-state index in [2.05, 4.69) is 11.4 Å². The molecule has 0 saturated heterocycles. The maximum atomic E-state index is 10.3. The minimum absolute atomic E-state index is 0.253. The first-order valence-electron chi connectivity index (χ1n) is 6.19. The smallest absolute Gasteiger partial charge is 0.303 e. The Morgan fingerprint density at radius 2 is 2.17 bits per heavy atom. The van der Waals surface area contributed by atoms with Crippen LogP contribution < -0.4 is 10.1 Å². The first-order chi connectivity index (χ1) is 8.63. The summed E-state index contributed by atoms with van der Waals surface area (Å²) in [7, 11) is 1.67. The van der Waals surface area contributed by atoms with Crippen molar-refractivity contribution in [1.29, 1.82) is 0 Å². The largest absolute Gasteiger partial charge is 0.496 e. The molecule has 18 heavy (non-hydrogen) atoms. The van der Waals surface area contributed by atoms with Gasteiger partial charge in [-0.3, -0.25) is 4.79 Å². The van der Waals surface area contributed by atoms with Crippen molar-refractivity contribution in [2.24, 2.45) is 0 Å². The highest BCUT2D eigenvalue weighted by Crippen LogP contribution is 2.18. The maximum absolute atomic E-state index is 10.3. The molecule has 0 heterocycles. The van der Waals surface area contributed by atoms with Crippen molar-refractivity contribution < 1.29 is 14.6 Å². The van der Waals surface area contributed by atoms with E-state index in [0.29, 0.717) is 0 Å². The molecule has 0 atom stereocenters. The fourth-order valence-electron chi connectivity index (χ4n) is 1.81. The van der Waals surface area contributed by atoms with Gasteiger partial charge in [-0.1, -0.05) is 12.1 Å². The van der Waals surface area contributed by atoms with Crippen LogP contribution in [0.1, 0.15) is 30.4 Å². The van der Waals surface area contributed by atoms with E-state index in [1.54, 1.807) is 7.11 Å². The molecule has 0 aromatic heterocycles. The number of benzene rings is 1. The van der Waals surface area contributed by atoms with E-state index in [4.69, 9.17) is 9.84 Å². The summed E-state index contributed by atoms with van der Waals surface area (Å²) in [5.41, 5.74) is 2.34. The van der Waals surface area contributed by atoms with Gasteiger partial charge in [-0.25, -0.2) is 0 Å². The molecule has 1 aromatic carbocycles. The molecule has 0 unspecified atom stereocenters. The number of nitrogens with one attached hydrogen (secondary N) is 1. The van der Waals surface area contributed by atoms with Crippen LogP contribution in [0.25, 0.3) is 0 Å². The highest BCUT2D eigenvalue weighted by Gasteiger charge is 2.00. The van der Waals surface area contributed by atoms with E-state index < -0.39 is 5.97 Å². The number of carboxylic acids is 1. The monoisotopic (exact) mass is 251 g/mol. The van der Waals surface area contributed by atoms with Crippen molar-refractivity contribution in [3.63, 3.8) is 0 Å². The summed E-state index contributed by atoms with van der Waals surface area (Å²) in [4.78, 5) is 10.3. The lowest BCUT2D eigenvalue weighted by Gasteiger charge is -2.08. The van der Waals surface area contributed by atoms with Gasteiger partial charge >= 0.3 is 5.97 Å². The summed E-state index contributed by atoms with van der Waals surface area (Å²) in [6.45, 7) is 3.67. The number of unbranched alkanes of at least 4 members (excludes halogenated alkanes) is 1. The van der Waals surface area contributed by atoms with Gasteiger partial charge in [0.25, 0.3) is 0 Å². The second-order valence-corrected chi connectivity index (χ2v) is 4.33. The Kier molecular flexibility index (Phi) is 6.22. The molecule has 0 bridgehead atoms. The number of hydrogen-bond donors (Lipinski definition) is 2. The third kappa shape index (κ3) is 5.19. The topological polar surface area (TPSA) is 58.6 Å². The Balaban J connectivity index is 2.23. The molecule has 0 amide bonds. The highest BCUT2D eigenvalue weighted by molar-refractivity contribution is 5.66. The molecule has 0 aliphatic carbocycles. The molecule has 0 fully saturated rings. The minimum Gasteiger partial charge on any atom is -0.496 e. The molecule has 1 rings (SSSR count). The van der Waals surface area contributed by atoms with Crippen LogP contribution >= 0.6 is 0 Å². The molecule has 0 spiro atoms. The van der Waals surface area contributed by atoms with Gasteiger partial charge in [-0.2, -0.15) is 0 Å². The molecular weight excluding hydrogens is 230 g/mol. The molecule has 0 saturated carbocycles. The summed E-state index contributed by atoms with van der Waals surface area (Å²) < 4.78 is 5.20. The van der Waals surface area contributed by atoms with Gasteiger partial charge in [0.2, 0.25) is 0 Å². The molecular formula is C14H21NO3. The summed E-state index contributed by atoms with van der Waals surface area (Å²) in [6.07, 6.45) is 1.87. The Morgan fingerprint density at radius 3 is 2.78 bits per heavy atom. The molecule has 0 radical (unpaired) electrons. The zero-order valence-electron chi connectivity index (χ0n) is 11.0. The number of carboxylic acid groups (broad SMARTS) is 1. The predicted molar refractivity (Wildman–Crippen MR) is 70.9 cm³/mol. The van der Waals surface area contributed by atoms with E-state index in [0.717, 1.165) is 37.2 Å². The second-order valence-electron chi connectivity index (χ2n) is 4.33. The number of aliphatic carboxylic acids is 1. The van der Waals surface area contributed by atoms with Gasteiger partial charge in [0.15, 0.2) is 0 Å². The Hall–Kier alpha value is -1.55. The Morgan fingerprint density at radius 1 is 1.39 bits per heavy atom. The molecule has 4 nitrogen and oxygen atoms in total. The lowest BCUT2D eigenvalue weighted by atomic mass is 10.1.